The predicted molar refractivity (Wildman–Crippen MR) is 57.4 cm³/mol. The summed E-state index contributed by atoms with van der Waals surface area (Å²) >= 11 is 0. The number of aliphatic carboxylic acids is 1. The van der Waals surface area contributed by atoms with Gasteiger partial charge in [0.1, 0.15) is 6.04 Å². The van der Waals surface area contributed by atoms with Crippen LogP contribution in [0.5, 0.6) is 0 Å². The monoisotopic (exact) mass is 202 g/mol. The van der Waals surface area contributed by atoms with E-state index in [4.69, 9.17) is 5.11 Å². The molecule has 0 saturated heterocycles. The molecule has 4 heteroatoms. The Morgan fingerprint density at radius 2 is 1.71 bits per heavy atom. The molecule has 0 radical (unpaired) electrons. The highest BCUT2D eigenvalue weighted by Gasteiger charge is 2.25. The quantitative estimate of drug-likeness (QED) is 0.684. The summed E-state index contributed by atoms with van der Waals surface area (Å²) in [5.74, 6) is -0.596. The minimum Gasteiger partial charge on any atom is -0.480 e. The van der Waals surface area contributed by atoms with Gasteiger partial charge in [0.05, 0.1) is 0 Å². The van der Waals surface area contributed by atoms with E-state index in [2.05, 4.69) is 4.90 Å². The Kier molecular flexibility index (Phi) is 5.72. The lowest BCUT2D eigenvalue weighted by atomic mass is 10.0. The molecule has 0 fully saturated rings. The molecule has 0 aromatic carbocycles. The van der Waals surface area contributed by atoms with E-state index < -0.39 is 5.97 Å². The summed E-state index contributed by atoms with van der Waals surface area (Å²) in [4.78, 5) is 14.9. The Labute approximate surface area is 86.5 Å². The summed E-state index contributed by atoms with van der Waals surface area (Å²) in [6.07, 6.45) is 0. The molecule has 0 bridgehead atoms. The van der Waals surface area contributed by atoms with Crippen molar-refractivity contribution < 1.29 is 9.90 Å². The molecule has 1 unspecified atom stereocenters. The van der Waals surface area contributed by atoms with E-state index in [9.17, 15) is 4.79 Å². The molecule has 0 rings (SSSR count). The normalized spacial score (nSPS) is 14.0. The first kappa shape index (κ1) is 13.4. The second kappa shape index (κ2) is 5.98. The smallest absolute Gasteiger partial charge is 0.321 e. The minimum absolute atomic E-state index is 0.139. The fourth-order valence-corrected chi connectivity index (χ4v) is 1.48. The fraction of sp³-hybridized carbons (Fsp3) is 0.900. The summed E-state index contributed by atoms with van der Waals surface area (Å²) < 4.78 is 0. The zero-order valence-corrected chi connectivity index (χ0v) is 9.82. The average molecular weight is 202 g/mol. The van der Waals surface area contributed by atoms with Gasteiger partial charge in [-0.05, 0) is 27.1 Å². The largest absolute Gasteiger partial charge is 0.480 e. The van der Waals surface area contributed by atoms with Gasteiger partial charge in [0.25, 0.3) is 0 Å². The Morgan fingerprint density at radius 3 is 2.00 bits per heavy atom. The van der Waals surface area contributed by atoms with Crippen molar-refractivity contribution in [3.8, 4) is 0 Å². The zero-order chi connectivity index (χ0) is 11.3. The van der Waals surface area contributed by atoms with E-state index in [0.29, 0.717) is 0 Å². The lowest BCUT2D eigenvalue weighted by Gasteiger charge is -2.28. The Bertz CT molecular complexity index is 181. The lowest BCUT2D eigenvalue weighted by Crippen LogP contribution is -2.44. The molecular formula is C10H22N2O2. The van der Waals surface area contributed by atoms with Crippen LogP contribution in [-0.4, -0.2) is 61.2 Å². The van der Waals surface area contributed by atoms with Crippen molar-refractivity contribution >= 4 is 5.97 Å². The van der Waals surface area contributed by atoms with Crippen molar-refractivity contribution in [3.05, 3.63) is 0 Å². The van der Waals surface area contributed by atoms with Crippen LogP contribution in [0.3, 0.4) is 0 Å². The number of carboxylic acid groups (broad SMARTS) is 1. The first-order valence-corrected chi connectivity index (χ1v) is 4.94. The van der Waals surface area contributed by atoms with Crippen LogP contribution in [0.1, 0.15) is 13.8 Å². The van der Waals surface area contributed by atoms with E-state index in [1.54, 1.807) is 0 Å². The summed E-state index contributed by atoms with van der Waals surface area (Å²) in [6.45, 7) is 5.53. The minimum atomic E-state index is -0.735. The first-order valence-electron chi connectivity index (χ1n) is 4.94. The van der Waals surface area contributed by atoms with Crippen LogP contribution in [0.4, 0.5) is 0 Å². The third kappa shape index (κ3) is 4.58. The van der Waals surface area contributed by atoms with Crippen LogP contribution in [0.25, 0.3) is 0 Å². The number of nitrogens with zero attached hydrogens (tertiary/aromatic N) is 2. The first-order chi connectivity index (χ1) is 6.36. The highest BCUT2D eigenvalue weighted by atomic mass is 16.4. The number of hydrogen-bond acceptors (Lipinski definition) is 3. The van der Waals surface area contributed by atoms with E-state index in [-0.39, 0.29) is 12.0 Å². The molecule has 0 aliphatic heterocycles. The lowest BCUT2D eigenvalue weighted by molar-refractivity contribution is -0.144. The van der Waals surface area contributed by atoms with Crippen LogP contribution >= 0.6 is 0 Å². The van der Waals surface area contributed by atoms with E-state index >= 15 is 0 Å². The van der Waals surface area contributed by atoms with Gasteiger partial charge in [-0.3, -0.25) is 9.69 Å². The molecule has 1 N–H and O–H groups in total. The molecule has 0 amide bonds. The van der Waals surface area contributed by atoms with Crippen molar-refractivity contribution in [2.45, 2.75) is 19.9 Å². The molecule has 0 spiro atoms. The molecule has 0 aromatic rings. The molecule has 1 atom stereocenters. The van der Waals surface area contributed by atoms with Crippen molar-refractivity contribution in [3.63, 3.8) is 0 Å². The van der Waals surface area contributed by atoms with Crippen LogP contribution in [0, 0.1) is 5.92 Å². The molecule has 4 nitrogen and oxygen atoms in total. The van der Waals surface area contributed by atoms with Gasteiger partial charge in [-0.15, -0.1) is 0 Å². The average Bonchev–Trinajstić information content (AvgIpc) is 1.99. The number of hydrogen-bond donors (Lipinski definition) is 1. The van der Waals surface area contributed by atoms with Crippen molar-refractivity contribution in [2.75, 3.05) is 34.2 Å². The van der Waals surface area contributed by atoms with Crippen LogP contribution in [0.15, 0.2) is 0 Å². The topological polar surface area (TPSA) is 43.8 Å². The number of likely N-dealkylation sites (N-methyl/N-ethyl adjacent to an activating group) is 2. The van der Waals surface area contributed by atoms with Crippen molar-refractivity contribution in [2.24, 2.45) is 5.92 Å². The summed E-state index contributed by atoms with van der Waals surface area (Å²) in [5.41, 5.74) is 0. The van der Waals surface area contributed by atoms with Gasteiger partial charge in [0.15, 0.2) is 0 Å². The standard InChI is InChI=1S/C10H22N2O2/c1-8(2)9(10(13)14)12(5)7-6-11(3)4/h8-9H,6-7H2,1-5H3,(H,13,14). The highest BCUT2D eigenvalue weighted by molar-refractivity contribution is 5.73. The second-order valence-corrected chi connectivity index (χ2v) is 4.31. The molecule has 0 heterocycles. The number of carbonyl (C=O) groups is 1. The maximum atomic E-state index is 11.0. The van der Waals surface area contributed by atoms with Gasteiger partial charge in [-0.1, -0.05) is 13.8 Å². The molecule has 0 aliphatic carbocycles. The SMILES string of the molecule is CC(C)C(C(=O)O)N(C)CCN(C)C. The molecule has 14 heavy (non-hydrogen) atoms. The highest BCUT2D eigenvalue weighted by Crippen LogP contribution is 2.08. The van der Waals surface area contributed by atoms with Crippen molar-refractivity contribution in [1.29, 1.82) is 0 Å². The maximum Gasteiger partial charge on any atom is 0.321 e. The van der Waals surface area contributed by atoms with E-state index in [0.717, 1.165) is 13.1 Å². The number of rotatable bonds is 6. The van der Waals surface area contributed by atoms with Gasteiger partial charge in [0.2, 0.25) is 0 Å². The summed E-state index contributed by atoms with van der Waals surface area (Å²) in [5, 5.41) is 9.02. The number of carboxylic acids is 1. The summed E-state index contributed by atoms with van der Waals surface area (Å²) in [6, 6.07) is -0.380. The maximum absolute atomic E-state index is 11.0. The van der Waals surface area contributed by atoms with Gasteiger partial charge >= 0.3 is 5.97 Å². The van der Waals surface area contributed by atoms with Crippen LogP contribution < -0.4 is 0 Å². The molecule has 0 saturated carbocycles. The van der Waals surface area contributed by atoms with Crippen LogP contribution in [0.2, 0.25) is 0 Å². The molecule has 0 aliphatic rings. The molecular weight excluding hydrogens is 180 g/mol. The van der Waals surface area contributed by atoms with Crippen LogP contribution in [-0.2, 0) is 4.79 Å². The Morgan fingerprint density at radius 1 is 1.21 bits per heavy atom. The van der Waals surface area contributed by atoms with Gasteiger partial charge in [0, 0.05) is 13.1 Å². The van der Waals surface area contributed by atoms with Gasteiger partial charge in [-0.2, -0.15) is 0 Å². The summed E-state index contributed by atoms with van der Waals surface area (Å²) in [7, 11) is 5.83. The molecule has 0 aromatic heterocycles. The van der Waals surface area contributed by atoms with Gasteiger partial charge < -0.3 is 10.0 Å². The zero-order valence-electron chi connectivity index (χ0n) is 9.82. The molecule has 84 valence electrons. The van der Waals surface area contributed by atoms with E-state index in [1.165, 1.54) is 0 Å². The Hall–Kier alpha value is -0.610. The Balaban J connectivity index is 4.16. The third-order valence-electron chi connectivity index (χ3n) is 2.26. The predicted octanol–water partition coefficient (Wildman–Crippen LogP) is 0.589. The van der Waals surface area contributed by atoms with E-state index in [1.807, 2.05) is 39.9 Å². The van der Waals surface area contributed by atoms with Crippen molar-refractivity contribution in [1.82, 2.24) is 9.80 Å². The third-order valence-corrected chi connectivity index (χ3v) is 2.26. The second-order valence-electron chi connectivity index (χ2n) is 4.31. The van der Waals surface area contributed by atoms with Gasteiger partial charge in [-0.25, -0.2) is 0 Å². The fourth-order valence-electron chi connectivity index (χ4n) is 1.48.